The van der Waals surface area contributed by atoms with Crippen LogP contribution in [0.15, 0.2) is 117 Å². The molecule has 0 saturated heterocycles. The molecule has 4 nitrogen and oxygen atoms in total. The summed E-state index contributed by atoms with van der Waals surface area (Å²) in [4.78, 5) is 25.0. The first-order chi connectivity index (χ1) is 27.3. The van der Waals surface area contributed by atoms with Gasteiger partial charge in [0.05, 0.1) is 0 Å². The maximum absolute atomic E-state index is 12.4. The summed E-state index contributed by atoms with van der Waals surface area (Å²) in [6.45, 7) is 15.9. The SMILES string of the molecule is [2H]C([2H])([2H])C1=C(C=CC(C)=CC=CC(C)=CC(=O)N(CC)CCCC)C(C)(C)CCC1([2H])[2H].[2H]C([2H])([2H])C1=C(C=CC(C)=CC=CC(C)=CC(N)=O)C(C)(C)CCC1([2H])[2H]. The van der Waals surface area contributed by atoms with E-state index in [2.05, 4.69) is 6.92 Å². The van der Waals surface area contributed by atoms with E-state index in [-0.39, 0.29) is 29.9 Å². The Bertz CT molecular complexity index is 1840. The number of primary amides is 1. The second kappa shape index (κ2) is 22.2. The van der Waals surface area contributed by atoms with Crippen LogP contribution in [0.3, 0.4) is 0 Å². The zero-order valence-corrected chi connectivity index (χ0v) is 32.4. The van der Waals surface area contributed by atoms with E-state index < -0.39 is 43.2 Å². The van der Waals surface area contributed by atoms with Crippen LogP contribution in [0.4, 0.5) is 0 Å². The molecule has 2 rings (SSSR count). The first kappa shape index (κ1) is 30.0. The highest BCUT2D eigenvalue weighted by Crippen LogP contribution is 2.41. The maximum atomic E-state index is 12.4. The summed E-state index contributed by atoms with van der Waals surface area (Å²) in [7, 11) is 0. The van der Waals surface area contributed by atoms with Crippen molar-refractivity contribution in [3.63, 3.8) is 0 Å². The predicted molar refractivity (Wildman–Crippen MR) is 219 cm³/mol. The van der Waals surface area contributed by atoms with Crippen LogP contribution in [-0.4, -0.2) is 29.8 Å². The topological polar surface area (TPSA) is 63.4 Å². The summed E-state index contributed by atoms with van der Waals surface area (Å²) in [5, 5.41) is 0. The van der Waals surface area contributed by atoms with Gasteiger partial charge in [0, 0.05) is 38.9 Å². The number of likely N-dealkylation sites (N-methyl/N-ethyl adjacent to an activating group) is 1. The van der Waals surface area contributed by atoms with Gasteiger partial charge in [0.1, 0.15) is 0 Å². The van der Waals surface area contributed by atoms with E-state index >= 15 is 0 Å². The highest BCUT2D eigenvalue weighted by Gasteiger charge is 2.27. The van der Waals surface area contributed by atoms with Crippen molar-refractivity contribution in [2.75, 3.05) is 13.1 Å². The van der Waals surface area contributed by atoms with Crippen molar-refractivity contribution in [3.8, 4) is 0 Å². The zero-order valence-electron chi connectivity index (χ0n) is 42.4. The van der Waals surface area contributed by atoms with Crippen LogP contribution in [0.1, 0.15) is 148 Å². The minimum atomic E-state index is -2.48. The number of rotatable bonds is 14. The average Bonchev–Trinajstić information content (AvgIpc) is 3.08. The smallest absolute Gasteiger partial charge is 0.246 e. The fourth-order valence-corrected chi connectivity index (χ4v) is 5.38. The molecule has 4 heteroatoms. The minimum absolute atomic E-state index is 0.0200. The van der Waals surface area contributed by atoms with Gasteiger partial charge < -0.3 is 10.6 Å². The Morgan fingerprint density at radius 1 is 0.760 bits per heavy atom. The Labute approximate surface area is 321 Å². The molecule has 0 bridgehead atoms. The van der Waals surface area contributed by atoms with Crippen LogP contribution in [-0.2, 0) is 9.59 Å². The molecule has 0 fully saturated rings. The number of nitrogens with zero attached hydrogens (tertiary/aromatic N) is 1. The summed E-state index contributed by atoms with van der Waals surface area (Å²) >= 11 is 0. The van der Waals surface area contributed by atoms with Crippen molar-refractivity contribution in [1.29, 1.82) is 0 Å². The van der Waals surface area contributed by atoms with Crippen molar-refractivity contribution in [3.05, 3.63) is 117 Å². The van der Waals surface area contributed by atoms with Gasteiger partial charge in [-0.15, -0.1) is 0 Å². The number of carbonyl (C=O) groups is 2. The maximum Gasteiger partial charge on any atom is 0.246 e. The monoisotopic (exact) mass is 693 g/mol. The molecule has 0 atom stereocenters. The number of carbonyl (C=O) groups excluding carboxylic acids is 2. The van der Waals surface area contributed by atoms with Gasteiger partial charge in [-0.25, -0.2) is 0 Å². The number of unbranched alkanes of at least 4 members (excludes halogenated alkanes) is 1. The molecule has 2 amide bonds. The molecule has 0 spiro atoms. The van der Waals surface area contributed by atoms with E-state index in [0.717, 1.165) is 41.7 Å². The third-order valence-corrected chi connectivity index (χ3v) is 8.76. The molecule has 50 heavy (non-hydrogen) atoms. The average molecular weight is 693 g/mol. The van der Waals surface area contributed by atoms with Crippen molar-refractivity contribution in [2.45, 2.75) is 134 Å². The quantitative estimate of drug-likeness (QED) is 0.145. The van der Waals surface area contributed by atoms with E-state index in [4.69, 9.17) is 19.4 Å². The molecule has 2 N–H and O–H groups in total. The third-order valence-electron chi connectivity index (χ3n) is 8.76. The second-order valence-electron chi connectivity index (χ2n) is 14.4. The Morgan fingerprint density at radius 2 is 1.22 bits per heavy atom. The standard InChI is InChI=1S/C26H41NO.C20H29NO/c1-8-10-19-27(9-2)25(28)20-22(4)14-11-13-21(3)16-17-24-23(5)15-12-18-26(24,6)7;1-15(8-6-9-16(2)14-19(21)22)11-12-18-17(3)10-7-13-20(18,4)5/h11,13-14,16-17,20H,8-10,12,15,18-19H2,1-7H3;6,8-9,11-12,14H,7,10,13H2,1-5H3,(H2,21,22)/i5D3,15D2;3D3,10D2. The highest BCUT2D eigenvalue weighted by atomic mass is 16.2. The molecular weight excluding hydrogens is 613 g/mol. The highest BCUT2D eigenvalue weighted by molar-refractivity contribution is 5.88. The first-order valence-electron chi connectivity index (χ1n) is 22.8. The van der Waals surface area contributed by atoms with Crippen LogP contribution in [0.5, 0.6) is 0 Å². The summed E-state index contributed by atoms with van der Waals surface area (Å²) in [5.74, 6) is -0.484. The van der Waals surface area contributed by atoms with Gasteiger partial charge >= 0.3 is 0 Å². The Hall–Kier alpha value is -3.66. The van der Waals surface area contributed by atoms with Gasteiger partial charge in [-0.05, 0) is 126 Å². The van der Waals surface area contributed by atoms with Gasteiger partial charge in [-0.2, -0.15) is 0 Å². The number of allylic oxidation sites excluding steroid dienone is 18. The Balaban J connectivity index is 0.000000612. The molecule has 0 aromatic rings. The van der Waals surface area contributed by atoms with E-state index in [1.807, 2.05) is 90.7 Å². The lowest BCUT2D eigenvalue weighted by Crippen LogP contribution is -2.30. The summed E-state index contributed by atoms with van der Waals surface area (Å²) in [6, 6.07) is 0. The fraction of sp³-hybridized carbons (Fsp3) is 0.522. The van der Waals surface area contributed by atoms with Gasteiger partial charge in [0.15, 0.2) is 0 Å². The first-order valence-corrected chi connectivity index (χ1v) is 17.8. The van der Waals surface area contributed by atoms with Crippen LogP contribution >= 0.6 is 0 Å². The largest absolute Gasteiger partial charge is 0.366 e. The molecule has 0 heterocycles. The number of amides is 2. The van der Waals surface area contributed by atoms with E-state index in [9.17, 15) is 9.59 Å². The molecule has 0 aliphatic heterocycles. The molecule has 0 saturated carbocycles. The Morgan fingerprint density at radius 3 is 1.62 bits per heavy atom. The molecule has 0 aromatic carbocycles. The van der Waals surface area contributed by atoms with Crippen LogP contribution in [0.2, 0.25) is 0 Å². The lowest BCUT2D eigenvalue weighted by Gasteiger charge is -2.33. The van der Waals surface area contributed by atoms with Gasteiger partial charge in [-0.3, -0.25) is 9.59 Å². The zero-order chi connectivity index (χ0) is 46.5. The van der Waals surface area contributed by atoms with Crippen molar-refractivity contribution >= 4 is 11.8 Å². The molecule has 2 aliphatic rings. The predicted octanol–water partition coefficient (Wildman–Crippen LogP) is 12.2. The van der Waals surface area contributed by atoms with E-state index in [1.54, 1.807) is 43.4 Å². The summed E-state index contributed by atoms with van der Waals surface area (Å²) < 4.78 is 80.1. The summed E-state index contributed by atoms with van der Waals surface area (Å²) in [5.41, 5.74) is 8.56. The molecule has 276 valence electrons. The van der Waals surface area contributed by atoms with Gasteiger partial charge in [-0.1, -0.05) is 124 Å². The van der Waals surface area contributed by atoms with Crippen LogP contribution < -0.4 is 5.73 Å². The van der Waals surface area contributed by atoms with Crippen molar-refractivity contribution in [1.82, 2.24) is 4.90 Å². The second-order valence-corrected chi connectivity index (χ2v) is 14.4. The normalized spacial score (nSPS) is 24.7. The van der Waals surface area contributed by atoms with Crippen LogP contribution in [0.25, 0.3) is 0 Å². The summed E-state index contributed by atoms with van der Waals surface area (Å²) in [6.07, 6.45) is 21.0. The minimum Gasteiger partial charge on any atom is -0.366 e. The molecule has 0 unspecified atom stereocenters. The lowest BCUT2D eigenvalue weighted by atomic mass is 9.72. The van der Waals surface area contributed by atoms with Crippen molar-refractivity contribution in [2.24, 2.45) is 16.6 Å². The van der Waals surface area contributed by atoms with Gasteiger partial charge in [0.2, 0.25) is 11.8 Å². The van der Waals surface area contributed by atoms with Crippen molar-refractivity contribution < 1.29 is 23.3 Å². The van der Waals surface area contributed by atoms with Gasteiger partial charge in [0.25, 0.3) is 0 Å². The van der Waals surface area contributed by atoms with E-state index in [1.165, 1.54) is 6.08 Å². The number of hydrogen-bond donors (Lipinski definition) is 1. The molecule has 2 aliphatic carbocycles. The fourth-order valence-electron chi connectivity index (χ4n) is 5.38. The lowest BCUT2D eigenvalue weighted by molar-refractivity contribution is -0.126. The third kappa shape index (κ3) is 16.8. The van der Waals surface area contributed by atoms with E-state index in [0.29, 0.717) is 30.5 Å². The number of nitrogens with two attached hydrogens (primary N) is 1. The molecule has 0 radical (unpaired) electrons. The molecule has 0 aromatic heterocycles. The Kier molecular flexibility index (Phi) is 13.3. The molecular formula is C46H70N2O2. The van der Waals surface area contributed by atoms with Crippen LogP contribution in [0, 0.1) is 10.8 Å². The number of hydrogen-bond acceptors (Lipinski definition) is 2.